The van der Waals surface area contributed by atoms with Crippen molar-refractivity contribution in [3.63, 3.8) is 0 Å². The van der Waals surface area contributed by atoms with Crippen LogP contribution in [0.3, 0.4) is 0 Å². The number of nitrogens with zero attached hydrogens (tertiary/aromatic N) is 4. The zero-order chi connectivity index (χ0) is 10.7. The van der Waals surface area contributed by atoms with Gasteiger partial charge in [0.05, 0.1) is 13.6 Å². The monoisotopic (exact) mass is 227 g/mol. The van der Waals surface area contributed by atoms with Crippen LogP contribution in [0, 0.1) is 0 Å². The third-order valence-electron chi connectivity index (χ3n) is 2.83. The number of aromatic nitrogens is 4. The summed E-state index contributed by atoms with van der Waals surface area (Å²) >= 11 is 1.96. The van der Waals surface area contributed by atoms with Gasteiger partial charge in [0.1, 0.15) is 0 Å². The van der Waals surface area contributed by atoms with Gasteiger partial charge in [0, 0.05) is 11.3 Å². The SMILES string of the molecule is CSC1CCCC1NCc1nnn(C)n1. The van der Waals surface area contributed by atoms with Crippen molar-refractivity contribution in [3.8, 4) is 0 Å². The molecule has 6 heteroatoms. The van der Waals surface area contributed by atoms with Crippen LogP contribution in [0.4, 0.5) is 0 Å². The molecule has 0 aliphatic heterocycles. The summed E-state index contributed by atoms with van der Waals surface area (Å²) in [6.45, 7) is 0.732. The van der Waals surface area contributed by atoms with E-state index in [-0.39, 0.29) is 0 Å². The lowest BCUT2D eigenvalue weighted by Crippen LogP contribution is -2.33. The molecule has 2 atom stereocenters. The van der Waals surface area contributed by atoms with Crippen molar-refractivity contribution in [1.82, 2.24) is 25.5 Å². The average Bonchev–Trinajstić information content (AvgIpc) is 2.83. The molecule has 1 fully saturated rings. The maximum Gasteiger partial charge on any atom is 0.188 e. The van der Waals surface area contributed by atoms with E-state index in [0.29, 0.717) is 6.04 Å². The predicted octanol–water partition coefficient (Wildman–Crippen LogP) is 0.584. The maximum absolute atomic E-state index is 4.15. The van der Waals surface area contributed by atoms with Crippen LogP contribution in [-0.4, -0.2) is 37.8 Å². The van der Waals surface area contributed by atoms with Crippen molar-refractivity contribution >= 4 is 11.8 Å². The summed E-state index contributed by atoms with van der Waals surface area (Å²) in [5.41, 5.74) is 0. The molecule has 0 radical (unpaired) electrons. The molecule has 1 aromatic rings. The molecule has 1 aromatic heterocycles. The molecule has 0 amide bonds. The van der Waals surface area contributed by atoms with Gasteiger partial charge in [-0.2, -0.15) is 16.6 Å². The Balaban J connectivity index is 1.82. The maximum atomic E-state index is 4.15. The van der Waals surface area contributed by atoms with E-state index in [1.807, 2.05) is 11.8 Å². The van der Waals surface area contributed by atoms with Gasteiger partial charge in [-0.25, -0.2) is 0 Å². The summed E-state index contributed by atoms with van der Waals surface area (Å²) in [6.07, 6.45) is 6.11. The van der Waals surface area contributed by atoms with Crippen molar-refractivity contribution in [2.75, 3.05) is 6.26 Å². The van der Waals surface area contributed by atoms with Crippen LogP contribution >= 0.6 is 11.8 Å². The number of thioether (sulfide) groups is 1. The first kappa shape index (κ1) is 10.9. The lowest BCUT2D eigenvalue weighted by atomic mass is 10.2. The molecule has 1 saturated carbocycles. The number of rotatable bonds is 4. The lowest BCUT2D eigenvalue weighted by molar-refractivity contribution is 0.519. The van der Waals surface area contributed by atoms with E-state index in [1.54, 1.807) is 7.05 Å². The third kappa shape index (κ3) is 2.69. The molecule has 1 N–H and O–H groups in total. The fourth-order valence-electron chi connectivity index (χ4n) is 2.06. The molecule has 0 spiro atoms. The average molecular weight is 227 g/mol. The van der Waals surface area contributed by atoms with Crippen LogP contribution < -0.4 is 5.32 Å². The first-order chi connectivity index (χ1) is 7.29. The minimum Gasteiger partial charge on any atom is -0.306 e. The zero-order valence-corrected chi connectivity index (χ0v) is 10.00. The highest BCUT2D eigenvalue weighted by Crippen LogP contribution is 2.28. The topological polar surface area (TPSA) is 55.6 Å². The minimum absolute atomic E-state index is 0.615. The van der Waals surface area contributed by atoms with Crippen LogP contribution in [0.5, 0.6) is 0 Å². The van der Waals surface area contributed by atoms with Crippen molar-refractivity contribution in [2.45, 2.75) is 37.1 Å². The highest BCUT2D eigenvalue weighted by atomic mass is 32.2. The Labute approximate surface area is 94.0 Å². The second-order valence-electron chi connectivity index (χ2n) is 3.89. The van der Waals surface area contributed by atoms with E-state index >= 15 is 0 Å². The number of tetrazole rings is 1. The molecule has 0 saturated heterocycles. The Morgan fingerprint density at radius 3 is 3.07 bits per heavy atom. The van der Waals surface area contributed by atoms with Gasteiger partial charge in [-0.15, -0.1) is 10.2 Å². The van der Waals surface area contributed by atoms with Crippen LogP contribution in [0.25, 0.3) is 0 Å². The van der Waals surface area contributed by atoms with Gasteiger partial charge in [0.2, 0.25) is 0 Å². The number of nitrogens with one attached hydrogen (secondary N) is 1. The van der Waals surface area contributed by atoms with E-state index in [2.05, 4.69) is 27.0 Å². The molecular formula is C9H17N5S. The summed E-state index contributed by atoms with van der Waals surface area (Å²) in [5, 5.41) is 16.2. The molecule has 2 unspecified atom stereocenters. The quantitative estimate of drug-likeness (QED) is 0.815. The summed E-state index contributed by atoms with van der Waals surface area (Å²) in [5.74, 6) is 0.782. The van der Waals surface area contributed by atoms with Crippen LogP contribution in [-0.2, 0) is 13.6 Å². The zero-order valence-electron chi connectivity index (χ0n) is 9.18. The Kier molecular flexibility index (Phi) is 3.58. The summed E-state index contributed by atoms with van der Waals surface area (Å²) < 4.78 is 0. The fourth-order valence-corrected chi connectivity index (χ4v) is 3.02. The molecular weight excluding hydrogens is 210 g/mol. The van der Waals surface area contributed by atoms with Gasteiger partial charge < -0.3 is 5.32 Å². The van der Waals surface area contributed by atoms with Crippen molar-refractivity contribution < 1.29 is 0 Å². The van der Waals surface area contributed by atoms with E-state index < -0.39 is 0 Å². The highest BCUT2D eigenvalue weighted by Gasteiger charge is 2.25. The van der Waals surface area contributed by atoms with Gasteiger partial charge >= 0.3 is 0 Å². The van der Waals surface area contributed by atoms with Gasteiger partial charge in [-0.05, 0) is 24.3 Å². The third-order valence-corrected chi connectivity index (χ3v) is 4.00. The van der Waals surface area contributed by atoms with E-state index in [1.165, 1.54) is 24.1 Å². The molecule has 5 nitrogen and oxygen atoms in total. The molecule has 1 aliphatic rings. The lowest BCUT2D eigenvalue weighted by Gasteiger charge is -2.17. The summed E-state index contributed by atoms with van der Waals surface area (Å²) in [4.78, 5) is 1.50. The second kappa shape index (κ2) is 4.94. The molecule has 0 aromatic carbocycles. The minimum atomic E-state index is 0.615. The largest absolute Gasteiger partial charge is 0.306 e. The Bertz CT molecular complexity index is 313. The molecule has 84 valence electrons. The Hall–Kier alpha value is -0.620. The van der Waals surface area contributed by atoms with Crippen molar-refractivity contribution in [3.05, 3.63) is 5.82 Å². The Morgan fingerprint density at radius 2 is 2.40 bits per heavy atom. The van der Waals surface area contributed by atoms with Crippen molar-refractivity contribution in [1.29, 1.82) is 0 Å². The summed E-state index contributed by atoms with van der Waals surface area (Å²) in [7, 11) is 1.79. The van der Waals surface area contributed by atoms with Gasteiger partial charge in [-0.1, -0.05) is 6.42 Å². The first-order valence-electron chi connectivity index (χ1n) is 5.28. The normalized spacial score (nSPS) is 26.0. The highest BCUT2D eigenvalue weighted by molar-refractivity contribution is 7.99. The van der Waals surface area contributed by atoms with Gasteiger partial charge in [0.15, 0.2) is 5.82 Å². The van der Waals surface area contributed by atoms with Gasteiger partial charge in [0.25, 0.3) is 0 Å². The van der Waals surface area contributed by atoms with Crippen molar-refractivity contribution in [2.24, 2.45) is 7.05 Å². The van der Waals surface area contributed by atoms with Crippen LogP contribution in [0.15, 0.2) is 0 Å². The van der Waals surface area contributed by atoms with E-state index in [9.17, 15) is 0 Å². The Morgan fingerprint density at radius 1 is 1.53 bits per heavy atom. The second-order valence-corrected chi connectivity index (χ2v) is 4.96. The predicted molar refractivity (Wildman–Crippen MR) is 60.6 cm³/mol. The fraction of sp³-hybridized carbons (Fsp3) is 0.889. The van der Waals surface area contributed by atoms with Crippen LogP contribution in [0.2, 0.25) is 0 Å². The standard InChI is InChI=1S/C9H17N5S/c1-14-12-9(11-13-14)6-10-7-4-3-5-8(7)15-2/h7-8,10H,3-6H2,1-2H3. The molecule has 2 rings (SSSR count). The van der Waals surface area contributed by atoms with E-state index in [0.717, 1.165) is 17.6 Å². The smallest absolute Gasteiger partial charge is 0.188 e. The number of hydrogen-bond acceptors (Lipinski definition) is 5. The number of aryl methyl sites for hydroxylation is 1. The molecule has 1 heterocycles. The molecule has 0 bridgehead atoms. The first-order valence-corrected chi connectivity index (χ1v) is 6.57. The van der Waals surface area contributed by atoms with E-state index in [4.69, 9.17) is 0 Å². The molecule has 1 aliphatic carbocycles. The molecule has 15 heavy (non-hydrogen) atoms. The summed E-state index contributed by atoms with van der Waals surface area (Å²) in [6, 6.07) is 0.615. The van der Waals surface area contributed by atoms with Crippen LogP contribution in [0.1, 0.15) is 25.1 Å². The number of hydrogen-bond donors (Lipinski definition) is 1. The van der Waals surface area contributed by atoms with Gasteiger partial charge in [-0.3, -0.25) is 0 Å².